The molecule has 1 aromatic carbocycles. The number of hydrogen-bond donors (Lipinski definition) is 2. The minimum absolute atomic E-state index is 0.0585. The van der Waals surface area contributed by atoms with Crippen molar-refractivity contribution in [1.29, 1.82) is 0 Å². The second kappa shape index (κ2) is 7.41. The molecule has 0 aliphatic rings. The zero-order chi connectivity index (χ0) is 22.5. The highest BCUT2D eigenvalue weighted by Crippen LogP contribution is 2.32. The van der Waals surface area contributed by atoms with Crippen molar-refractivity contribution >= 4 is 34.1 Å². The third kappa shape index (κ3) is 3.58. The summed E-state index contributed by atoms with van der Waals surface area (Å²) >= 11 is 5.99. The van der Waals surface area contributed by atoms with Crippen LogP contribution in [0, 0.1) is 0 Å². The van der Waals surface area contributed by atoms with Crippen LogP contribution in [0.2, 0.25) is 5.02 Å². The Labute approximate surface area is 182 Å². The number of carbonyl (C=O) groups is 1. The number of aromatic amines is 1. The van der Waals surface area contributed by atoms with Crippen molar-refractivity contribution in [3.8, 4) is 11.5 Å². The molecule has 7 nitrogen and oxygen atoms in total. The summed E-state index contributed by atoms with van der Waals surface area (Å²) in [4.78, 5) is 20.1. The third-order valence-corrected chi connectivity index (χ3v) is 5.09. The molecule has 4 aromatic heterocycles. The Hall–Kier alpha value is -3.79. The number of halogens is 4. The van der Waals surface area contributed by atoms with Gasteiger partial charge in [-0.3, -0.25) is 4.79 Å². The van der Waals surface area contributed by atoms with Crippen molar-refractivity contribution in [2.45, 2.75) is 12.7 Å². The van der Waals surface area contributed by atoms with Crippen LogP contribution in [0.4, 0.5) is 13.2 Å². The lowest BCUT2D eigenvalue weighted by molar-refractivity contribution is -0.142. The molecule has 0 saturated carbocycles. The largest absolute Gasteiger partial charge is 0.463 e. The minimum Gasteiger partial charge on any atom is -0.463 e. The highest BCUT2D eigenvalue weighted by atomic mass is 35.5. The van der Waals surface area contributed by atoms with Crippen molar-refractivity contribution in [3.05, 3.63) is 76.9 Å². The van der Waals surface area contributed by atoms with Gasteiger partial charge in [-0.15, -0.1) is 0 Å². The summed E-state index contributed by atoms with van der Waals surface area (Å²) in [5.41, 5.74) is 0.0917. The molecule has 0 unspecified atom stereocenters. The van der Waals surface area contributed by atoms with E-state index in [9.17, 15) is 18.0 Å². The van der Waals surface area contributed by atoms with Gasteiger partial charge in [0.15, 0.2) is 17.1 Å². The Morgan fingerprint density at radius 2 is 2.06 bits per heavy atom. The van der Waals surface area contributed by atoms with Gasteiger partial charge in [-0.2, -0.15) is 18.3 Å². The fraction of sp³-hybridized carbons (Fsp3) is 0.0952. The topological polar surface area (TPSA) is 88.2 Å². The zero-order valence-electron chi connectivity index (χ0n) is 16.1. The maximum atomic E-state index is 13.6. The van der Waals surface area contributed by atoms with Gasteiger partial charge in [0.05, 0.1) is 19.0 Å². The lowest BCUT2D eigenvalue weighted by Crippen LogP contribution is -2.23. The van der Waals surface area contributed by atoms with Crippen LogP contribution >= 0.6 is 11.6 Å². The Bertz CT molecular complexity index is 1450. The van der Waals surface area contributed by atoms with Crippen molar-refractivity contribution in [1.82, 2.24) is 24.9 Å². The quantitative estimate of drug-likeness (QED) is 0.392. The number of fused-ring (bicyclic) bond motifs is 2. The SMILES string of the molecule is O=C(NCc1cc2cc(Cl)ccc2[nH]1)c1cnn2c(C(F)(F)F)cc(-c3ccco3)nc12. The van der Waals surface area contributed by atoms with E-state index in [0.717, 1.165) is 23.2 Å². The Balaban J connectivity index is 1.48. The number of alkyl halides is 3. The molecule has 0 spiro atoms. The number of furan rings is 1. The number of nitrogens with zero attached hydrogens (tertiary/aromatic N) is 3. The van der Waals surface area contributed by atoms with Gasteiger partial charge in [-0.05, 0) is 42.5 Å². The van der Waals surface area contributed by atoms with Crippen LogP contribution in [0.25, 0.3) is 28.0 Å². The molecule has 32 heavy (non-hydrogen) atoms. The maximum Gasteiger partial charge on any atom is 0.433 e. The summed E-state index contributed by atoms with van der Waals surface area (Å²) in [5.74, 6) is -0.476. The van der Waals surface area contributed by atoms with Crippen LogP contribution in [0.1, 0.15) is 21.7 Å². The first-order valence-electron chi connectivity index (χ1n) is 9.35. The summed E-state index contributed by atoms with van der Waals surface area (Å²) in [6.07, 6.45) is -2.33. The predicted molar refractivity (Wildman–Crippen MR) is 110 cm³/mol. The summed E-state index contributed by atoms with van der Waals surface area (Å²) in [5, 5.41) is 7.88. The molecule has 0 radical (unpaired) electrons. The van der Waals surface area contributed by atoms with Gasteiger partial charge in [0.1, 0.15) is 11.3 Å². The molecule has 0 atom stereocenters. The molecule has 5 rings (SSSR count). The van der Waals surface area contributed by atoms with Crippen molar-refractivity contribution in [2.75, 3.05) is 0 Å². The molecule has 0 fully saturated rings. The van der Waals surface area contributed by atoms with Gasteiger partial charge in [-0.1, -0.05) is 11.6 Å². The van der Waals surface area contributed by atoms with Gasteiger partial charge >= 0.3 is 6.18 Å². The summed E-state index contributed by atoms with van der Waals surface area (Å²) in [6, 6.07) is 11.0. The van der Waals surface area contributed by atoms with E-state index < -0.39 is 17.8 Å². The average molecular weight is 460 g/mol. The number of H-pyrrole nitrogens is 1. The fourth-order valence-electron chi connectivity index (χ4n) is 3.41. The molecule has 5 aromatic rings. The normalized spacial score (nSPS) is 12.0. The van der Waals surface area contributed by atoms with Gasteiger partial charge in [0.25, 0.3) is 5.91 Å². The second-order valence-corrected chi connectivity index (χ2v) is 7.44. The van der Waals surface area contributed by atoms with E-state index in [2.05, 4.69) is 20.4 Å². The molecule has 2 N–H and O–H groups in total. The molecule has 11 heteroatoms. The van der Waals surface area contributed by atoms with Crippen molar-refractivity contribution < 1.29 is 22.4 Å². The van der Waals surface area contributed by atoms with E-state index in [0.29, 0.717) is 15.2 Å². The molecule has 1 amide bonds. The van der Waals surface area contributed by atoms with Crippen molar-refractivity contribution in [3.63, 3.8) is 0 Å². The van der Waals surface area contributed by atoms with E-state index in [-0.39, 0.29) is 29.2 Å². The van der Waals surface area contributed by atoms with Crippen LogP contribution in [0.3, 0.4) is 0 Å². The summed E-state index contributed by atoms with van der Waals surface area (Å²) in [7, 11) is 0. The molecule has 4 heterocycles. The monoisotopic (exact) mass is 459 g/mol. The number of hydrogen-bond acceptors (Lipinski definition) is 4. The van der Waals surface area contributed by atoms with Gasteiger partial charge < -0.3 is 14.7 Å². The molecule has 0 saturated heterocycles. The summed E-state index contributed by atoms with van der Waals surface area (Å²) < 4.78 is 46.6. The average Bonchev–Trinajstić information content (AvgIpc) is 3.48. The molecular weight excluding hydrogens is 447 g/mol. The molecule has 162 valence electrons. The highest BCUT2D eigenvalue weighted by Gasteiger charge is 2.36. The van der Waals surface area contributed by atoms with Crippen LogP contribution in [0.15, 0.2) is 59.3 Å². The standard InChI is InChI=1S/C21H13ClF3N5O2/c22-12-3-4-15-11(6-12)7-13(28-15)9-26-20(31)14-10-27-30-18(21(23,24)25)8-16(29-19(14)30)17-2-1-5-32-17/h1-8,10,28H,9H2,(H,26,31). The molecule has 0 bridgehead atoms. The highest BCUT2D eigenvalue weighted by molar-refractivity contribution is 6.31. The number of aromatic nitrogens is 4. The van der Waals surface area contributed by atoms with Crippen LogP contribution in [0.5, 0.6) is 0 Å². The van der Waals surface area contributed by atoms with Crippen LogP contribution in [-0.2, 0) is 12.7 Å². The Morgan fingerprint density at radius 1 is 1.22 bits per heavy atom. The van der Waals surface area contributed by atoms with E-state index >= 15 is 0 Å². The zero-order valence-corrected chi connectivity index (χ0v) is 16.8. The molecular formula is C21H13ClF3N5O2. The van der Waals surface area contributed by atoms with Crippen molar-refractivity contribution in [2.24, 2.45) is 0 Å². The molecule has 0 aliphatic heterocycles. The number of carbonyl (C=O) groups excluding carboxylic acids is 1. The number of nitrogens with one attached hydrogen (secondary N) is 2. The first-order chi connectivity index (χ1) is 15.3. The fourth-order valence-corrected chi connectivity index (χ4v) is 3.59. The van der Waals surface area contributed by atoms with Crippen LogP contribution < -0.4 is 5.32 Å². The van der Waals surface area contributed by atoms with Gasteiger partial charge in [0.2, 0.25) is 0 Å². The lowest BCUT2D eigenvalue weighted by Gasteiger charge is -2.10. The third-order valence-electron chi connectivity index (χ3n) is 4.86. The molecule has 0 aliphatic carbocycles. The minimum atomic E-state index is -4.71. The lowest BCUT2D eigenvalue weighted by atomic mass is 10.2. The van der Waals surface area contributed by atoms with E-state index in [4.69, 9.17) is 16.0 Å². The number of rotatable bonds is 4. The van der Waals surface area contributed by atoms with Gasteiger partial charge in [-0.25, -0.2) is 9.50 Å². The number of amides is 1. The van der Waals surface area contributed by atoms with E-state index in [1.165, 1.54) is 18.4 Å². The second-order valence-electron chi connectivity index (χ2n) is 7.00. The van der Waals surface area contributed by atoms with Crippen LogP contribution in [-0.4, -0.2) is 25.5 Å². The Kier molecular flexibility index (Phi) is 4.66. The Morgan fingerprint density at radius 3 is 2.81 bits per heavy atom. The first kappa shape index (κ1) is 20.1. The predicted octanol–water partition coefficient (Wildman–Crippen LogP) is 5.07. The first-order valence-corrected chi connectivity index (χ1v) is 9.72. The maximum absolute atomic E-state index is 13.6. The van der Waals surface area contributed by atoms with Gasteiger partial charge in [0, 0.05) is 21.6 Å². The number of benzene rings is 1. The summed E-state index contributed by atoms with van der Waals surface area (Å²) in [6.45, 7) is 0.118. The van der Waals surface area contributed by atoms with E-state index in [1.807, 2.05) is 12.1 Å². The van der Waals surface area contributed by atoms with E-state index in [1.54, 1.807) is 12.1 Å². The smallest absolute Gasteiger partial charge is 0.433 e.